The van der Waals surface area contributed by atoms with E-state index in [2.05, 4.69) is 10.6 Å². The van der Waals surface area contributed by atoms with E-state index >= 15 is 0 Å². The lowest BCUT2D eigenvalue weighted by atomic mass is 9.85. The molecule has 0 atom stereocenters. The molecule has 0 radical (unpaired) electrons. The summed E-state index contributed by atoms with van der Waals surface area (Å²) in [4.78, 5) is 24.3. The van der Waals surface area contributed by atoms with Gasteiger partial charge in [-0.25, -0.2) is 0 Å². The number of hydrogen-bond acceptors (Lipinski definition) is 3. The second kappa shape index (κ2) is 6.00. The summed E-state index contributed by atoms with van der Waals surface area (Å²) < 4.78 is 5.15. The Morgan fingerprint density at radius 3 is 2.75 bits per heavy atom. The minimum Gasteiger partial charge on any atom is -0.497 e. The molecule has 1 aliphatic rings. The zero-order valence-electron chi connectivity index (χ0n) is 14.0. The average molecular weight is 324 g/mol. The van der Waals surface area contributed by atoms with Gasteiger partial charge in [0.15, 0.2) is 0 Å². The fourth-order valence-corrected chi connectivity index (χ4v) is 2.82. The van der Waals surface area contributed by atoms with Crippen LogP contribution in [-0.4, -0.2) is 18.9 Å². The number of anilines is 2. The maximum Gasteiger partial charge on any atom is 0.234 e. The molecule has 1 aliphatic heterocycles. The van der Waals surface area contributed by atoms with E-state index in [0.717, 1.165) is 16.8 Å². The largest absolute Gasteiger partial charge is 0.497 e. The summed E-state index contributed by atoms with van der Waals surface area (Å²) in [6.45, 7) is 3.77. The highest BCUT2D eigenvalue weighted by Gasteiger charge is 2.38. The number of carbonyl (C=O) groups excluding carboxylic acids is 2. The van der Waals surface area contributed by atoms with E-state index in [1.807, 2.05) is 50.2 Å². The van der Waals surface area contributed by atoms with Gasteiger partial charge in [0.1, 0.15) is 5.75 Å². The molecule has 0 fully saturated rings. The van der Waals surface area contributed by atoms with Gasteiger partial charge in [0.25, 0.3) is 0 Å². The molecule has 0 saturated carbocycles. The van der Waals surface area contributed by atoms with Crippen LogP contribution in [0.1, 0.15) is 25.0 Å². The smallest absolute Gasteiger partial charge is 0.234 e. The Morgan fingerprint density at radius 2 is 2.00 bits per heavy atom. The van der Waals surface area contributed by atoms with Crippen molar-refractivity contribution in [1.29, 1.82) is 0 Å². The highest BCUT2D eigenvalue weighted by molar-refractivity contribution is 6.05. The lowest BCUT2D eigenvalue weighted by molar-refractivity contribution is -0.119. The van der Waals surface area contributed by atoms with Crippen LogP contribution in [-0.2, 0) is 21.4 Å². The molecule has 5 heteroatoms. The number of hydrogen-bond donors (Lipinski definition) is 2. The van der Waals surface area contributed by atoms with Crippen molar-refractivity contribution in [3.63, 3.8) is 0 Å². The van der Waals surface area contributed by atoms with Crippen molar-refractivity contribution >= 4 is 23.2 Å². The summed E-state index contributed by atoms with van der Waals surface area (Å²) in [6.07, 6.45) is 0.245. The van der Waals surface area contributed by atoms with E-state index in [0.29, 0.717) is 11.4 Å². The van der Waals surface area contributed by atoms with Crippen LogP contribution in [0.15, 0.2) is 42.5 Å². The van der Waals surface area contributed by atoms with Gasteiger partial charge in [0.05, 0.1) is 18.9 Å². The van der Waals surface area contributed by atoms with E-state index in [4.69, 9.17) is 4.74 Å². The SMILES string of the molecule is COc1cccc(NC(=O)Cc2ccc3c(c2)C(C)(C)C(=O)N3)c1. The third kappa shape index (κ3) is 2.97. The first kappa shape index (κ1) is 16.1. The van der Waals surface area contributed by atoms with Gasteiger partial charge in [-0.15, -0.1) is 0 Å². The molecule has 1 heterocycles. The standard InChI is InChI=1S/C19H20N2O3/c1-19(2)15-9-12(7-8-16(15)21-18(19)23)10-17(22)20-13-5-4-6-14(11-13)24-3/h4-9,11H,10H2,1-3H3,(H,20,22)(H,21,23). The fourth-order valence-electron chi connectivity index (χ4n) is 2.82. The highest BCUT2D eigenvalue weighted by atomic mass is 16.5. The summed E-state index contributed by atoms with van der Waals surface area (Å²) in [5, 5.41) is 5.73. The van der Waals surface area contributed by atoms with Gasteiger partial charge in [-0.2, -0.15) is 0 Å². The first-order chi connectivity index (χ1) is 11.4. The van der Waals surface area contributed by atoms with Crippen LogP contribution in [0.5, 0.6) is 5.75 Å². The minimum atomic E-state index is -0.575. The lowest BCUT2D eigenvalue weighted by Gasteiger charge is -2.15. The van der Waals surface area contributed by atoms with Crippen molar-refractivity contribution in [2.75, 3.05) is 17.7 Å². The van der Waals surface area contributed by atoms with Gasteiger partial charge in [0, 0.05) is 17.4 Å². The number of nitrogens with one attached hydrogen (secondary N) is 2. The van der Waals surface area contributed by atoms with Crippen LogP contribution in [0.3, 0.4) is 0 Å². The van der Waals surface area contributed by atoms with Gasteiger partial charge < -0.3 is 15.4 Å². The molecule has 2 aromatic carbocycles. The fraction of sp³-hybridized carbons (Fsp3) is 0.263. The zero-order chi connectivity index (χ0) is 17.3. The molecular formula is C19H20N2O3. The van der Waals surface area contributed by atoms with Crippen molar-refractivity contribution in [2.24, 2.45) is 0 Å². The van der Waals surface area contributed by atoms with Crippen molar-refractivity contribution in [1.82, 2.24) is 0 Å². The quantitative estimate of drug-likeness (QED) is 0.908. The Bertz CT molecular complexity index is 812. The van der Waals surface area contributed by atoms with Crippen LogP contribution >= 0.6 is 0 Å². The van der Waals surface area contributed by atoms with Gasteiger partial charge in [-0.3, -0.25) is 9.59 Å². The van der Waals surface area contributed by atoms with Gasteiger partial charge in [0.2, 0.25) is 11.8 Å². The van der Waals surface area contributed by atoms with Gasteiger partial charge >= 0.3 is 0 Å². The molecule has 124 valence electrons. The monoisotopic (exact) mass is 324 g/mol. The molecule has 2 aromatic rings. The molecule has 0 spiro atoms. The molecule has 0 aliphatic carbocycles. The maximum absolute atomic E-state index is 12.3. The molecule has 0 aromatic heterocycles. The van der Waals surface area contributed by atoms with Crippen molar-refractivity contribution < 1.29 is 14.3 Å². The number of methoxy groups -OCH3 is 1. The Labute approximate surface area is 141 Å². The summed E-state index contributed by atoms with van der Waals surface area (Å²) in [5.41, 5.74) is 2.74. The predicted octanol–water partition coefficient (Wildman–Crippen LogP) is 3.11. The number of ether oxygens (including phenoxy) is 1. The number of amides is 2. The lowest BCUT2D eigenvalue weighted by Crippen LogP contribution is -2.27. The second-order valence-electron chi connectivity index (χ2n) is 6.42. The minimum absolute atomic E-state index is 0.0181. The summed E-state index contributed by atoms with van der Waals surface area (Å²) in [5.74, 6) is 0.561. The third-order valence-corrected chi connectivity index (χ3v) is 4.29. The predicted molar refractivity (Wildman–Crippen MR) is 93.4 cm³/mol. The van der Waals surface area contributed by atoms with Crippen LogP contribution < -0.4 is 15.4 Å². The molecule has 5 nitrogen and oxygen atoms in total. The van der Waals surface area contributed by atoms with E-state index < -0.39 is 5.41 Å². The topological polar surface area (TPSA) is 67.4 Å². The van der Waals surface area contributed by atoms with E-state index in [-0.39, 0.29) is 18.2 Å². The normalized spacial score (nSPS) is 14.7. The van der Waals surface area contributed by atoms with Crippen LogP contribution in [0, 0.1) is 0 Å². The Hall–Kier alpha value is -2.82. The number of benzene rings is 2. The van der Waals surface area contributed by atoms with Crippen LogP contribution in [0.25, 0.3) is 0 Å². The molecule has 2 amide bonds. The molecule has 0 unspecified atom stereocenters. The van der Waals surface area contributed by atoms with Gasteiger partial charge in [-0.05, 0) is 43.2 Å². The molecule has 0 saturated heterocycles. The second-order valence-corrected chi connectivity index (χ2v) is 6.42. The van der Waals surface area contributed by atoms with E-state index in [1.165, 1.54) is 0 Å². The molecule has 2 N–H and O–H groups in total. The highest BCUT2D eigenvalue weighted by Crippen LogP contribution is 2.37. The van der Waals surface area contributed by atoms with E-state index in [9.17, 15) is 9.59 Å². The number of rotatable bonds is 4. The van der Waals surface area contributed by atoms with Crippen molar-refractivity contribution in [3.8, 4) is 5.75 Å². The zero-order valence-corrected chi connectivity index (χ0v) is 14.0. The first-order valence-corrected chi connectivity index (χ1v) is 7.79. The van der Waals surface area contributed by atoms with Crippen LogP contribution in [0.4, 0.5) is 11.4 Å². The molecular weight excluding hydrogens is 304 g/mol. The van der Waals surface area contributed by atoms with Crippen LogP contribution in [0.2, 0.25) is 0 Å². The summed E-state index contributed by atoms with van der Waals surface area (Å²) in [6, 6.07) is 12.9. The van der Waals surface area contributed by atoms with Crippen molar-refractivity contribution in [2.45, 2.75) is 25.7 Å². The summed E-state index contributed by atoms with van der Waals surface area (Å²) >= 11 is 0. The number of carbonyl (C=O) groups is 2. The van der Waals surface area contributed by atoms with E-state index in [1.54, 1.807) is 13.2 Å². The average Bonchev–Trinajstić information content (AvgIpc) is 2.77. The third-order valence-electron chi connectivity index (χ3n) is 4.29. The Morgan fingerprint density at radius 1 is 1.21 bits per heavy atom. The van der Waals surface area contributed by atoms with Gasteiger partial charge in [-0.1, -0.05) is 18.2 Å². The first-order valence-electron chi connectivity index (χ1n) is 7.79. The number of fused-ring (bicyclic) bond motifs is 1. The molecule has 3 rings (SSSR count). The molecule has 0 bridgehead atoms. The maximum atomic E-state index is 12.3. The summed E-state index contributed by atoms with van der Waals surface area (Å²) in [7, 11) is 1.59. The Balaban J connectivity index is 1.74. The molecule has 24 heavy (non-hydrogen) atoms. The van der Waals surface area contributed by atoms with Crippen molar-refractivity contribution in [3.05, 3.63) is 53.6 Å². The Kier molecular flexibility index (Phi) is 4.01.